The van der Waals surface area contributed by atoms with Gasteiger partial charge in [-0.25, -0.2) is 0 Å². The highest BCUT2D eigenvalue weighted by Gasteiger charge is 2.15. The van der Waals surface area contributed by atoms with Crippen molar-refractivity contribution >= 4 is 0 Å². The molecule has 2 heterocycles. The number of nitrogens with zero attached hydrogens (tertiary/aromatic N) is 1. The van der Waals surface area contributed by atoms with Crippen molar-refractivity contribution in [3.8, 4) is 0 Å². The predicted molar refractivity (Wildman–Crippen MR) is 73.3 cm³/mol. The van der Waals surface area contributed by atoms with Gasteiger partial charge in [0.2, 0.25) is 0 Å². The molecule has 0 saturated carbocycles. The molecule has 100 valence electrons. The van der Waals surface area contributed by atoms with Crippen molar-refractivity contribution in [3.05, 3.63) is 0 Å². The molecule has 2 aliphatic heterocycles. The van der Waals surface area contributed by atoms with E-state index in [0.29, 0.717) is 0 Å². The van der Waals surface area contributed by atoms with Gasteiger partial charge >= 0.3 is 0 Å². The van der Waals surface area contributed by atoms with E-state index in [0.717, 1.165) is 18.5 Å². The lowest BCUT2D eigenvalue weighted by atomic mass is 10.0. The first-order valence-corrected chi connectivity index (χ1v) is 7.51. The topological polar surface area (TPSA) is 27.3 Å². The summed E-state index contributed by atoms with van der Waals surface area (Å²) < 4.78 is 0. The molecule has 0 spiro atoms. The molecule has 2 aliphatic rings. The van der Waals surface area contributed by atoms with Gasteiger partial charge in [0.25, 0.3) is 0 Å². The Morgan fingerprint density at radius 2 is 2.06 bits per heavy atom. The van der Waals surface area contributed by atoms with E-state index in [1.807, 2.05) is 0 Å². The molecule has 2 saturated heterocycles. The van der Waals surface area contributed by atoms with Crippen molar-refractivity contribution in [2.75, 3.05) is 39.3 Å². The van der Waals surface area contributed by atoms with E-state index in [2.05, 4.69) is 22.5 Å². The monoisotopic (exact) mass is 239 g/mol. The van der Waals surface area contributed by atoms with Gasteiger partial charge < -0.3 is 15.5 Å². The van der Waals surface area contributed by atoms with E-state index >= 15 is 0 Å². The second kappa shape index (κ2) is 7.34. The Morgan fingerprint density at radius 3 is 2.76 bits per heavy atom. The summed E-state index contributed by atoms with van der Waals surface area (Å²) in [4.78, 5) is 2.62. The van der Waals surface area contributed by atoms with Gasteiger partial charge in [0.05, 0.1) is 0 Å². The van der Waals surface area contributed by atoms with Crippen LogP contribution in [0.3, 0.4) is 0 Å². The largest absolute Gasteiger partial charge is 0.315 e. The first kappa shape index (κ1) is 13.3. The molecule has 0 amide bonds. The minimum absolute atomic E-state index is 0.725. The maximum Gasteiger partial charge on any atom is 0.0192 e. The number of hydrogen-bond donors (Lipinski definition) is 2. The maximum atomic E-state index is 3.64. The molecule has 0 aromatic heterocycles. The lowest BCUT2D eigenvalue weighted by Crippen LogP contribution is -2.43. The van der Waals surface area contributed by atoms with Gasteiger partial charge in [-0.05, 0) is 57.8 Å². The Labute approximate surface area is 106 Å². The summed E-state index contributed by atoms with van der Waals surface area (Å²) in [6, 6.07) is 0.725. The van der Waals surface area contributed by atoms with Crippen molar-refractivity contribution in [1.29, 1.82) is 0 Å². The average Bonchev–Trinajstić information content (AvgIpc) is 2.83. The number of rotatable bonds is 6. The minimum atomic E-state index is 0.725. The molecule has 0 bridgehead atoms. The fraction of sp³-hybridized carbons (Fsp3) is 1.00. The van der Waals surface area contributed by atoms with Crippen LogP contribution in [0.25, 0.3) is 0 Å². The van der Waals surface area contributed by atoms with Crippen molar-refractivity contribution in [1.82, 2.24) is 15.5 Å². The third-order valence-corrected chi connectivity index (χ3v) is 4.06. The highest BCUT2D eigenvalue weighted by molar-refractivity contribution is 4.75. The highest BCUT2D eigenvalue weighted by atomic mass is 15.1. The molecule has 3 nitrogen and oxygen atoms in total. The maximum absolute atomic E-state index is 3.64. The summed E-state index contributed by atoms with van der Waals surface area (Å²) in [7, 11) is 0. The molecule has 2 N–H and O–H groups in total. The number of likely N-dealkylation sites (tertiary alicyclic amines) is 1. The second-order valence-corrected chi connectivity index (χ2v) is 5.92. The normalized spacial score (nSPS) is 28.4. The van der Waals surface area contributed by atoms with E-state index in [1.54, 1.807) is 0 Å². The van der Waals surface area contributed by atoms with Crippen molar-refractivity contribution in [3.63, 3.8) is 0 Å². The fourth-order valence-corrected chi connectivity index (χ4v) is 3.07. The molecule has 2 atom stereocenters. The number of piperidine rings is 1. The summed E-state index contributed by atoms with van der Waals surface area (Å²) in [5, 5.41) is 7.23. The lowest BCUT2D eigenvalue weighted by molar-refractivity contribution is 0.278. The van der Waals surface area contributed by atoms with Gasteiger partial charge in [0.15, 0.2) is 0 Å². The van der Waals surface area contributed by atoms with Gasteiger partial charge in [-0.3, -0.25) is 0 Å². The second-order valence-electron chi connectivity index (χ2n) is 5.92. The summed E-state index contributed by atoms with van der Waals surface area (Å²) in [5.41, 5.74) is 0. The Bertz CT molecular complexity index is 196. The van der Waals surface area contributed by atoms with Crippen LogP contribution in [0.15, 0.2) is 0 Å². The summed E-state index contributed by atoms with van der Waals surface area (Å²) in [5.74, 6) is 0.789. The third-order valence-electron chi connectivity index (χ3n) is 4.06. The van der Waals surface area contributed by atoms with Crippen molar-refractivity contribution < 1.29 is 0 Å². The zero-order valence-electron chi connectivity index (χ0n) is 11.4. The zero-order valence-corrected chi connectivity index (χ0v) is 11.4. The van der Waals surface area contributed by atoms with Crippen LogP contribution in [0, 0.1) is 5.92 Å². The number of hydrogen-bond acceptors (Lipinski definition) is 3. The van der Waals surface area contributed by atoms with Crippen molar-refractivity contribution in [2.24, 2.45) is 5.92 Å². The molecule has 0 aliphatic carbocycles. The van der Waals surface area contributed by atoms with Gasteiger partial charge in [-0.15, -0.1) is 0 Å². The first-order chi connectivity index (χ1) is 8.34. The van der Waals surface area contributed by atoms with E-state index in [4.69, 9.17) is 0 Å². The molecular weight excluding hydrogens is 210 g/mol. The summed E-state index contributed by atoms with van der Waals surface area (Å²) in [6.07, 6.45) is 6.94. The molecular formula is C14H29N3. The van der Waals surface area contributed by atoms with E-state index in [-0.39, 0.29) is 0 Å². The molecule has 17 heavy (non-hydrogen) atoms. The average molecular weight is 239 g/mol. The molecule has 3 heteroatoms. The first-order valence-electron chi connectivity index (χ1n) is 7.51. The SMILES string of the molecule is CC(CNCC1CCCCN1)CN1CCCC1. The van der Waals surface area contributed by atoms with Crippen LogP contribution >= 0.6 is 0 Å². The molecule has 2 fully saturated rings. The Morgan fingerprint density at radius 1 is 1.24 bits per heavy atom. The van der Waals surface area contributed by atoms with Gasteiger partial charge in [0.1, 0.15) is 0 Å². The van der Waals surface area contributed by atoms with E-state index < -0.39 is 0 Å². The summed E-state index contributed by atoms with van der Waals surface area (Å²) >= 11 is 0. The molecule has 0 aromatic carbocycles. The molecule has 0 radical (unpaired) electrons. The van der Waals surface area contributed by atoms with E-state index in [1.165, 1.54) is 64.8 Å². The Kier molecular flexibility index (Phi) is 5.75. The minimum Gasteiger partial charge on any atom is -0.315 e. The Hall–Kier alpha value is -0.120. The Balaban J connectivity index is 1.51. The molecule has 2 rings (SSSR count). The van der Waals surface area contributed by atoms with Crippen LogP contribution in [0.4, 0.5) is 0 Å². The van der Waals surface area contributed by atoms with Crippen LogP contribution in [0.2, 0.25) is 0 Å². The van der Waals surface area contributed by atoms with Crippen LogP contribution in [0.1, 0.15) is 39.0 Å². The number of nitrogens with one attached hydrogen (secondary N) is 2. The van der Waals surface area contributed by atoms with Crippen LogP contribution in [0.5, 0.6) is 0 Å². The fourth-order valence-electron chi connectivity index (χ4n) is 3.07. The van der Waals surface area contributed by atoms with Crippen LogP contribution in [-0.4, -0.2) is 50.2 Å². The molecule has 2 unspecified atom stereocenters. The zero-order chi connectivity index (χ0) is 11.9. The quantitative estimate of drug-likeness (QED) is 0.735. The lowest BCUT2D eigenvalue weighted by Gasteiger charge is -2.25. The third kappa shape index (κ3) is 4.94. The van der Waals surface area contributed by atoms with Gasteiger partial charge in [-0.1, -0.05) is 13.3 Å². The van der Waals surface area contributed by atoms with E-state index in [9.17, 15) is 0 Å². The van der Waals surface area contributed by atoms with Crippen molar-refractivity contribution in [2.45, 2.75) is 45.1 Å². The molecule has 0 aromatic rings. The summed E-state index contributed by atoms with van der Waals surface area (Å²) in [6.45, 7) is 9.86. The van der Waals surface area contributed by atoms with Gasteiger partial charge in [-0.2, -0.15) is 0 Å². The van der Waals surface area contributed by atoms with Crippen LogP contribution in [-0.2, 0) is 0 Å². The predicted octanol–water partition coefficient (Wildman–Crippen LogP) is 1.45. The highest BCUT2D eigenvalue weighted by Crippen LogP contribution is 2.10. The van der Waals surface area contributed by atoms with Gasteiger partial charge in [0, 0.05) is 19.1 Å². The standard InChI is InChI=1S/C14H29N3/c1-13(12-17-8-4-5-9-17)10-15-11-14-6-2-3-7-16-14/h13-16H,2-12H2,1H3. The smallest absolute Gasteiger partial charge is 0.0192 e. The van der Waals surface area contributed by atoms with Crippen LogP contribution < -0.4 is 10.6 Å².